The SMILES string of the molecule is CCC(C)NC(=O)c1cccc(NC(=S)NC(=O)c2ccc(C(C)(C)C)cc2)c1. The summed E-state index contributed by atoms with van der Waals surface area (Å²) < 4.78 is 0. The van der Waals surface area contributed by atoms with E-state index in [-0.39, 0.29) is 28.4 Å². The summed E-state index contributed by atoms with van der Waals surface area (Å²) in [5.41, 5.74) is 2.88. The number of amides is 2. The number of nitrogens with one attached hydrogen (secondary N) is 3. The lowest BCUT2D eigenvalue weighted by Crippen LogP contribution is -2.34. The minimum absolute atomic E-state index is 0.0259. The third kappa shape index (κ3) is 6.68. The van der Waals surface area contributed by atoms with Gasteiger partial charge in [-0.3, -0.25) is 14.9 Å². The molecule has 0 radical (unpaired) electrons. The molecule has 2 rings (SSSR count). The van der Waals surface area contributed by atoms with E-state index < -0.39 is 0 Å². The Morgan fingerprint density at radius 3 is 2.24 bits per heavy atom. The Hall–Kier alpha value is -2.73. The fourth-order valence-corrected chi connectivity index (χ4v) is 2.82. The normalized spacial score (nSPS) is 12.0. The van der Waals surface area contributed by atoms with Gasteiger partial charge in [-0.25, -0.2) is 0 Å². The smallest absolute Gasteiger partial charge is 0.257 e. The maximum atomic E-state index is 12.4. The first kappa shape index (κ1) is 22.6. The van der Waals surface area contributed by atoms with Gasteiger partial charge in [0.25, 0.3) is 11.8 Å². The van der Waals surface area contributed by atoms with Crippen molar-refractivity contribution in [1.82, 2.24) is 10.6 Å². The van der Waals surface area contributed by atoms with E-state index in [0.717, 1.165) is 12.0 Å². The molecule has 6 heteroatoms. The molecule has 5 nitrogen and oxygen atoms in total. The highest BCUT2D eigenvalue weighted by atomic mass is 32.1. The summed E-state index contributed by atoms with van der Waals surface area (Å²) in [6, 6.07) is 14.6. The molecule has 2 aromatic carbocycles. The van der Waals surface area contributed by atoms with Crippen molar-refractivity contribution in [3.63, 3.8) is 0 Å². The largest absolute Gasteiger partial charge is 0.350 e. The minimum atomic E-state index is -0.284. The Balaban J connectivity index is 1.99. The first-order valence-corrected chi connectivity index (χ1v) is 10.1. The average Bonchev–Trinajstić information content (AvgIpc) is 2.67. The van der Waals surface area contributed by atoms with Gasteiger partial charge in [0.15, 0.2) is 5.11 Å². The van der Waals surface area contributed by atoms with Crippen LogP contribution in [0.5, 0.6) is 0 Å². The molecule has 29 heavy (non-hydrogen) atoms. The molecule has 0 saturated carbocycles. The molecule has 154 valence electrons. The van der Waals surface area contributed by atoms with Crippen LogP contribution in [0.2, 0.25) is 0 Å². The van der Waals surface area contributed by atoms with Crippen LogP contribution in [0.4, 0.5) is 5.69 Å². The quantitative estimate of drug-likeness (QED) is 0.627. The molecular weight excluding hydrogens is 382 g/mol. The zero-order chi connectivity index (χ0) is 21.6. The zero-order valence-electron chi connectivity index (χ0n) is 17.6. The van der Waals surface area contributed by atoms with Crippen LogP contribution in [0.1, 0.15) is 67.3 Å². The summed E-state index contributed by atoms with van der Waals surface area (Å²) >= 11 is 5.25. The standard InChI is InChI=1S/C23H29N3O2S/c1-6-15(2)24-21(28)17-8-7-9-19(14-17)25-22(29)26-20(27)16-10-12-18(13-11-16)23(3,4)5/h7-15H,6H2,1-5H3,(H,24,28)(H2,25,26,27,29). The lowest BCUT2D eigenvalue weighted by molar-refractivity contribution is 0.0937. The van der Waals surface area contributed by atoms with Gasteiger partial charge in [0.2, 0.25) is 0 Å². The molecule has 2 aromatic rings. The van der Waals surface area contributed by atoms with Crippen LogP contribution < -0.4 is 16.0 Å². The van der Waals surface area contributed by atoms with Gasteiger partial charge in [-0.1, -0.05) is 45.9 Å². The highest BCUT2D eigenvalue weighted by molar-refractivity contribution is 7.80. The van der Waals surface area contributed by atoms with Crippen molar-refractivity contribution in [2.45, 2.75) is 52.5 Å². The Bertz CT molecular complexity index is 886. The number of benzene rings is 2. The number of carbonyl (C=O) groups excluding carboxylic acids is 2. The van der Waals surface area contributed by atoms with Crippen molar-refractivity contribution in [1.29, 1.82) is 0 Å². The summed E-state index contributed by atoms with van der Waals surface area (Å²) in [6.07, 6.45) is 0.858. The molecular formula is C23H29N3O2S. The van der Waals surface area contributed by atoms with E-state index in [9.17, 15) is 9.59 Å². The number of hydrogen-bond acceptors (Lipinski definition) is 3. The fraction of sp³-hybridized carbons (Fsp3) is 0.348. The van der Waals surface area contributed by atoms with Crippen LogP contribution in [0.25, 0.3) is 0 Å². The van der Waals surface area contributed by atoms with Gasteiger partial charge >= 0.3 is 0 Å². The Labute approximate surface area is 178 Å². The van der Waals surface area contributed by atoms with Gasteiger partial charge in [-0.15, -0.1) is 0 Å². The van der Waals surface area contributed by atoms with E-state index in [1.807, 2.05) is 26.0 Å². The molecule has 1 atom stereocenters. The van der Waals surface area contributed by atoms with Gasteiger partial charge < -0.3 is 10.6 Å². The van der Waals surface area contributed by atoms with Crippen molar-refractivity contribution < 1.29 is 9.59 Å². The molecule has 0 aromatic heterocycles. The predicted molar refractivity (Wildman–Crippen MR) is 122 cm³/mol. The van der Waals surface area contributed by atoms with Crippen molar-refractivity contribution in [2.75, 3.05) is 5.32 Å². The van der Waals surface area contributed by atoms with Crippen LogP contribution in [-0.4, -0.2) is 23.0 Å². The maximum absolute atomic E-state index is 12.4. The fourth-order valence-electron chi connectivity index (χ4n) is 2.61. The highest BCUT2D eigenvalue weighted by Crippen LogP contribution is 2.22. The topological polar surface area (TPSA) is 70.2 Å². The third-order valence-corrected chi connectivity index (χ3v) is 4.82. The molecule has 0 aliphatic heterocycles. The molecule has 0 fully saturated rings. The van der Waals surface area contributed by atoms with Gasteiger partial charge in [-0.05, 0) is 66.9 Å². The Kier molecular flexibility index (Phi) is 7.51. The average molecular weight is 412 g/mol. The van der Waals surface area contributed by atoms with Crippen LogP contribution in [0.15, 0.2) is 48.5 Å². The number of thiocarbonyl (C=S) groups is 1. The summed E-state index contributed by atoms with van der Waals surface area (Å²) in [5, 5.41) is 8.74. The Morgan fingerprint density at radius 2 is 1.66 bits per heavy atom. The van der Waals surface area contributed by atoms with E-state index in [1.165, 1.54) is 0 Å². The van der Waals surface area contributed by atoms with E-state index in [2.05, 4.69) is 36.7 Å². The Morgan fingerprint density at radius 1 is 1.00 bits per heavy atom. The van der Waals surface area contributed by atoms with Crippen molar-refractivity contribution in [2.24, 2.45) is 0 Å². The second kappa shape index (κ2) is 9.65. The maximum Gasteiger partial charge on any atom is 0.257 e. The van der Waals surface area contributed by atoms with Crippen molar-refractivity contribution in [3.05, 3.63) is 65.2 Å². The lowest BCUT2D eigenvalue weighted by atomic mass is 9.87. The molecule has 0 bridgehead atoms. The van der Waals surface area contributed by atoms with Crippen molar-refractivity contribution in [3.8, 4) is 0 Å². The highest BCUT2D eigenvalue weighted by Gasteiger charge is 2.15. The van der Waals surface area contributed by atoms with Crippen LogP contribution >= 0.6 is 12.2 Å². The van der Waals surface area contributed by atoms with E-state index >= 15 is 0 Å². The van der Waals surface area contributed by atoms with Gasteiger partial charge in [-0.2, -0.15) is 0 Å². The number of rotatable bonds is 5. The van der Waals surface area contributed by atoms with Gasteiger partial charge in [0.1, 0.15) is 0 Å². The molecule has 3 N–H and O–H groups in total. The second-order valence-corrected chi connectivity index (χ2v) is 8.51. The van der Waals surface area contributed by atoms with E-state index in [0.29, 0.717) is 16.8 Å². The van der Waals surface area contributed by atoms with Crippen LogP contribution in [0, 0.1) is 0 Å². The molecule has 0 spiro atoms. The van der Waals surface area contributed by atoms with Crippen molar-refractivity contribution >= 4 is 34.8 Å². The minimum Gasteiger partial charge on any atom is -0.350 e. The van der Waals surface area contributed by atoms with E-state index in [1.54, 1.807) is 36.4 Å². The summed E-state index contributed by atoms with van der Waals surface area (Å²) in [4.78, 5) is 24.7. The predicted octanol–water partition coefficient (Wildman–Crippen LogP) is 4.64. The summed E-state index contributed by atoms with van der Waals surface area (Å²) in [7, 11) is 0. The molecule has 0 saturated heterocycles. The monoisotopic (exact) mass is 411 g/mol. The van der Waals surface area contributed by atoms with E-state index in [4.69, 9.17) is 12.2 Å². The number of carbonyl (C=O) groups is 2. The molecule has 0 heterocycles. The molecule has 1 unspecified atom stereocenters. The third-order valence-electron chi connectivity index (χ3n) is 4.61. The second-order valence-electron chi connectivity index (χ2n) is 8.10. The number of hydrogen-bond donors (Lipinski definition) is 3. The van der Waals surface area contributed by atoms with Gasteiger partial charge in [0, 0.05) is 22.9 Å². The van der Waals surface area contributed by atoms with Crippen LogP contribution in [-0.2, 0) is 5.41 Å². The van der Waals surface area contributed by atoms with Crippen LogP contribution in [0.3, 0.4) is 0 Å². The summed E-state index contributed by atoms with van der Waals surface area (Å²) in [5.74, 6) is -0.425. The number of anilines is 1. The molecule has 2 amide bonds. The zero-order valence-corrected chi connectivity index (χ0v) is 18.4. The summed E-state index contributed by atoms with van der Waals surface area (Å²) in [6.45, 7) is 10.3. The first-order chi connectivity index (χ1) is 13.6. The first-order valence-electron chi connectivity index (χ1n) is 9.74. The lowest BCUT2D eigenvalue weighted by Gasteiger charge is -2.19. The molecule has 0 aliphatic rings. The van der Waals surface area contributed by atoms with Gasteiger partial charge in [0.05, 0.1) is 0 Å². The molecule has 0 aliphatic carbocycles.